The Kier molecular flexibility index (Phi) is 5.33. The monoisotopic (exact) mass is 307 g/mol. The van der Waals surface area contributed by atoms with Crippen LogP contribution < -0.4 is 5.32 Å². The molecule has 0 aromatic heterocycles. The van der Waals surface area contributed by atoms with Crippen molar-refractivity contribution in [2.45, 2.75) is 32.8 Å². The molecule has 1 amide bonds. The van der Waals surface area contributed by atoms with Crippen LogP contribution in [0.1, 0.15) is 37.6 Å². The minimum Gasteiger partial charge on any atom is -0.388 e. The van der Waals surface area contributed by atoms with Crippen LogP contribution in [0.25, 0.3) is 0 Å². The van der Waals surface area contributed by atoms with Crippen LogP contribution in [0.2, 0.25) is 0 Å². The van der Waals surface area contributed by atoms with E-state index in [0.29, 0.717) is 6.42 Å². The van der Waals surface area contributed by atoms with Crippen molar-refractivity contribution in [3.63, 3.8) is 0 Å². The molecule has 7 heteroatoms. The highest BCUT2D eigenvalue weighted by atomic mass is 19.2. The molecule has 0 aliphatic heterocycles. The lowest BCUT2D eigenvalue weighted by Gasteiger charge is -2.29. The molecule has 2 unspecified atom stereocenters. The first-order valence-electron chi connectivity index (χ1n) is 6.45. The number of carbonyl (C=O) groups excluding carboxylic acids is 1. The standard InChI is InChI=1S/C14H17F4NO2/c1-4-7(2)14(3,21)6-19-13(20)10-11(17)8(15)5-9(16)12(10)18/h5,7,21H,4,6H2,1-3H3,(H,19,20). The normalized spacial score (nSPS) is 15.4. The van der Waals surface area contributed by atoms with Gasteiger partial charge in [-0.25, -0.2) is 17.6 Å². The third-order valence-corrected chi connectivity index (χ3v) is 3.62. The van der Waals surface area contributed by atoms with Crippen LogP contribution in [0.5, 0.6) is 0 Å². The summed E-state index contributed by atoms with van der Waals surface area (Å²) < 4.78 is 52.9. The molecule has 3 nitrogen and oxygen atoms in total. The summed E-state index contributed by atoms with van der Waals surface area (Å²) in [5.74, 6) is -8.38. The van der Waals surface area contributed by atoms with Gasteiger partial charge in [-0.05, 0) is 12.8 Å². The highest BCUT2D eigenvalue weighted by Gasteiger charge is 2.30. The van der Waals surface area contributed by atoms with Gasteiger partial charge in [0.15, 0.2) is 23.3 Å². The Hall–Kier alpha value is -1.63. The molecule has 0 fully saturated rings. The molecule has 118 valence electrons. The molecule has 21 heavy (non-hydrogen) atoms. The van der Waals surface area contributed by atoms with Gasteiger partial charge in [0.2, 0.25) is 0 Å². The maximum Gasteiger partial charge on any atom is 0.257 e. The molecule has 0 saturated heterocycles. The summed E-state index contributed by atoms with van der Waals surface area (Å²) in [6.45, 7) is 4.69. The minimum atomic E-state index is -1.77. The molecular weight excluding hydrogens is 290 g/mol. The molecule has 2 N–H and O–H groups in total. The van der Waals surface area contributed by atoms with Crippen molar-refractivity contribution >= 4 is 5.91 Å². The molecule has 0 heterocycles. The smallest absolute Gasteiger partial charge is 0.257 e. The Labute approximate surface area is 120 Å². The van der Waals surface area contributed by atoms with E-state index in [-0.39, 0.29) is 18.5 Å². The first kappa shape index (κ1) is 17.4. The second-order valence-corrected chi connectivity index (χ2v) is 5.19. The quantitative estimate of drug-likeness (QED) is 0.649. The molecular formula is C14H17F4NO2. The Morgan fingerprint density at radius 2 is 1.76 bits per heavy atom. The molecule has 1 aromatic rings. The largest absolute Gasteiger partial charge is 0.388 e. The fourth-order valence-corrected chi connectivity index (χ4v) is 1.73. The number of hydrogen-bond acceptors (Lipinski definition) is 2. The zero-order valence-electron chi connectivity index (χ0n) is 11.9. The highest BCUT2D eigenvalue weighted by molar-refractivity contribution is 5.94. The summed E-state index contributed by atoms with van der Waals surface area (Å²) in [6.07, 6.45) is 0.611. The Balaban J connectivity index is 2.97. The summed E-state index contributed by atoms with van der Waals surface area (Å²) in [7, 11) is 0. The number of benzene rings is 1. The van der Waals surface area contributed by atoms with E-state index in [2.05, 4.69) is 5.32 Å². The molecule has 1 aromatic carbocycles. The summed E-state index contributed by atoms with van der Waals surface area (Å²) in [4.78, 5) is 11.7. The van der Waals surface area contributed by atoms with E-state index in [1.165, 1.54) is 6.92 Å². The van der Waals surface area contributed by atoms with Crippen molar-refractivity contribution in [1.29, 1.82) is 0 Å². The van der Waals surface area contributed by atoms with Crippen molar-refractivity contribution in [1.82, 2.24) is 5.32 Å². The highest BCUT2D eigenvalue weighted by Crippen LogP contribution is 2.21. The van der Waals surface area contributed by atoms with Gasteiger partial charge in [0.25, 0.3) is 5.91 Å². The lowest BCUT2D eigenvalue weighted by Crippen LogP contribution is -2.45. The fourth-order valence-electron chi connectivity index (χ4n) is 1.73. The average Bonchev–Trinajstić information content (AvgIpc) is 2.42. The average molecular weight is 307 g/mol. The van der Waals surface area contributed by atoms with Crippen molar-refractivity contribution in [2.24, 2.45) is 5.92 Å². The maximum absolute atomic E-state index is 13.4. The number of carbonyl (C=O) groups is 1. The van der Waals surface area contributed by atoms with Gasteiger partial charge in [0, 0.05) is 12.6 Å². The van der Waals surface area contributed by atoms with Crippen molar-refractivity contribution in [3.8, 4) is 0 Å². The number of nitrogens with one attached hydrogen (secondary N) is 1. The van der Waals surface area contributed by atoms with Gasteiger partial charge in [-0.1, -0.05) is 20.3 Å². The van der Waals surface area contributed by atoms with Gasteiger partial charge >= 0.3 is 0 Å². The predicted octanol–water partition coefficient (Wildman–Crippen LogP) is 2.77. The number of aliphatic hydroxyl groups is 1. The Morgan fingerprint density at radius 3 is 2.19 bits per heavy atom. The summed E-state index contributed by atoms with van der Waals surface area (Å²) in [5.41, 5.74) is -2.66. The van der Waals surface area contributed by atoms with Crippen LogP contribution in [0.4, 0.5) is 17.6 Å². The van der Waals surface area contributed by atoms with E-state index in [1.807, 2.05) is 6.92 Å². The molecule has 1 rings (SSSR count). The van der Waals surface area contributed by atoms with E-state index in [9.17, 15) is 27.5 Å². The third kappa shape index (κ3) is 3.72. The number of rotatable bonds is 5. The third-order valence-electron chi connectivity index (χ3n) is 3.62. The Bertz CT molecular complexity index is 520. The van der Waals surface area contributed by atoms with E-state index < -0.39 is 40.3 Å². The van der Waals surface area contributed by atoms with Gasteiger partial charge in [0.05, 0.1) is 5.60 Å². The van der Waals surface area contributed by atoms with Gasteiger partial charge in [0.1, 0.15) is 5.56 Å². The zero-order valence-corrected chi connectivity index (χ0v) is 11.9. The SMILES string of the molecule is CCC(C)C(C)(O)CNC(=O)c1c(F)c(F)cc(F)c1F. The zero-order chi connectivity index (χ0) is 16.4. The topological polar surface area (TPSA) is 49.3 Å². The van der Waals surface area contributed by atoms with Crippen LogP contribution in [-0.2, 0) is 0 Å². The lowest BCUT2D eigenvalue weighted by atomic mass is 9.88. The van der Waals surface area contributed by atoms with Crippen LogP contribution in [0, 0.1) is 29.2 Å². The molecule has 2 atom stereocenters. The van der Waals surface area contributed by atoms with Gasteiger partial charge in [-0.3, -0.25) is 4.79 Å². The number of hydrogen-bond donors (Lipinski definition) is 2. The number of amides is 1. The molecule has 0 spiro atoms. The predicted molar refractivity (Wildman–Crippen MR) is 68.7 cm³/mol. The van der Waals surface area contributed by atoms with E-state index >= 15 is 0 Å². The van der Waals surface area contributed by atoms with Crippen molar-refractivity contribution < 1.29 is 27.5 Å². The second-order valence-electron chi connectivity index (χ2n) is 5.19. The summed E-state index contributed by atoms with van der Waals surface area (Å²) in [5, 5.41) is 12.2. The molecule has 0 aliphatic carbocycles. The van der Waals surface area contributed by atoms with Crippen molar-refractivity contribution in [2.75, 3.05) is 6.54 Å². The molecule has 0 bridgehead atoms. The van der Waals surface area contributed by atoms with E-state index in [4.69, 9.17) is 0 Å². The minimum absolute atomic E-state index is 0.0246. The van der Waals surface area contributed by atoms with Crippen molar-refractivity contribution in [3.05, 3.63) is 34.9 Å². The second kappa shape index (κ2) is 6.43. The Morgan fingerprint density at radius 1 is 1.29 bits per heavy atom. The van der Waals surface area contributed by atoms with E-state index in [0.717, 1.165) is 0 Å². The summed E-state index contributed by atoms with van der Waals surface area (Å²) >= 11 is 0. The molecule has 0 aliphatic rings. The van der Waals surface area contributed by atoms with Crippen LogP contribution in [0.15, 0.2) is 6.07 Å². The molecule has 0 radical (unpaired) electrons. The van der Waals surface area contributed by atoms with Crippen LogP contribution in [-0.4, -0.2) is 23.2 Å². The molecule has 0 saturated carbocycles. The first-order chi connectivity index (χ1) is 9.61. The van der Waals surface area contributed by atoms with Crippen LogP contribution >= 0.6 is 0 Å². The van der Waals surface area contributed by atoms with Gasteiger partial charge in [-0.2, -0.15) is 0 Å². The van der Waals surface area contributed by atoms with Gasteiger partial charge in [-0.15, -0.1) is 0 Å². The summed E-state index contributed by atoms with van der Waals surface area (Å²) in [6, 6.07) is 0.0246. The number of halogens is 4. The first-order valence-corrected chi connectivity index (χ1v) is 6.45. The maximum atomic E-state index is 13.4. The van der Waals surface area contributed by atoms with Gasteiger partial charge < -0.3 is 10.4 Å². The lowest BCUT2D eigenvalue weighted by molar-refractivity contribution is 0.00582. The fraction of sp³-hybridized carbons (Fsp3) is 0.500. The van der Waals surface area contributed by atoms with E-state index in [1.54, 1.807) is 6.92 Å². The van der Waals surface area contributed by atoms with Crippen LogP contribution in [0.3, 0.4) is 0 Å².